The van der Waals surface area contributed by atoms with Gasteiger partial charge in [-0.05, 0) is 55.3 Å². The lowest BCUT2D eigenvalue weighted by Gasteiger charge is -2.11. The Hall–Kier alpha value is -2.37. The van der Waals surface area contributed by atoms with Crippen LogP contribution >= 0.6 is 11.6 Å². The molecule has 0 bridgehead atoms. The monoisotopic (exact) mass is 345 g/mol. The second-order valence-electron chi connectivity index (χ2n) is 5.42. The summed E-state index contributed by atoms with van der Waals surface area (Å²) in [6, 6.07) is 13.1. The van der Waals surface area contributed by atoms with Crippen LogP contribution in [0.1, 0.15) is 23.2 Å². The molecule has 1 aliphatic heterocycles. The summed E-state index contributed by atoms with van der Waals surface area (Å²) in [6.07, 6.45) is 1.17. The maximum Gasteiger partial charge on any atom is 0.343 e. The van der Waals surface area contributed by atoms with Crippen LogP contribution in [0.3, 0.4) is 0 Å². The lowest BCUT2D eigenvalue weighted by Crippen LogP contribution is -2.26. The number of hydrogen-bond acceptors (Lipinski definition) is 4. The van der Waals surface area contributed by atoms with Crippen LogP contribution in [0, 0.1) is 0 Å². The number of amides is 1. The first kappa shape index (κ1) is 16.5. The van der Waals surface area contributed by atoms with Crippen molar-refractivity contribution in [3.63, 3.8) is 0 Å². The zero-order valence-electron chi connectivity index (χ0n) is 12.8. The van der Waals surface area contributed by atoms with Gasteiger partial charge in [-0.3, -0.25) is 4.79 Å². The topological polar surface area (TPSA) is 64.6 Å². The Labute approximate surface area is 144 Å². The van der Waals surface area contributed by atoms with E-state index in [0.717, 1.165) is 6.42 Å². The number of halogens is 1. The highest BCUT2D eigenvalue weighted by molar-refractivity contribution is 6.30. The molecule has 1 unspecified atom stereocenters. The number of rotatable bonds is 4. The SMILES string of the molecule is O=C(Oc1ccc(Cl)cc1)c1cccc(NC(=O)C2CCCO2)c1. The summed E-state index contributed by atoms with van der Waals surface area (Å²) in [7, 11) is 0. The number of benzene rings is 2. The van der Waals surface area contributed by atoms with Crippen LogP contribution in [0.4, 0.5) is 5.69 Å². The van der Waals surface area contributed by atoms with Gasteiger partial charge in [0, 0.05) is 17.3 Å². The van der Waals surface area contributed by atoms with Gasteiger partial charge in [-0.15, -0.1) is 0 Å². The molecule has 3 rings (SSSR count). The van der Waals surface area contributed by atoms with Crippen LogP contribution in [-0.2, 0) is 9.53 Å². The Balaban J connectivity index is 1.66. The molecule has 0 saturated carbocycles. The number of esters is 1. The third-order valence-electron chi connectivity index (χ3n) is 3.61. The molecule has 0 aliphatic carbocycles. The molecule has 1 atom stereocenters. The van der Waals surface area contributed by atoms with Crippen molar-refractivity contribution < 1.29 is 19.1 Å². The summed E-state index contributed by atoms with van der Waals surface area (Å²) < 4.78 is 10.6. The zero-order valence-corrected chi connectivity index (χ0v) is 13.6. The number of carbonyl (C=O) groups excluding carboxylic acids is 2. The van der Waals surface area contributed by atoms with Crippen LogP contribution < -0.4 is 10.1 Å². The van der Waals surface area contributed by atoms with Crippen LogP contribution in [0.5, 0.6) is 5.75 Å². The molecule has 6 heteroatoms. The number of hydrogen-bond donors (Lipinski definition) is 1. The van der Waals surface area contributed by atoms with Crippen molar-refractivity contribution in [3.8, 4) is 5.75 Å². The first-order valence-corrected chi connectivity index (χ1v) is 8.00. The quantitative estimate of drug-likeness (QED) is 0.678. The van der Waals surface area contributed by atoms with Crippen LogP contribution in [0.25, 0.3) is 0 Å². The molecule has 24 heavy (non-hydrogen) atoms. The molecule has 2 aromatic rings. The van der Waals surface area contributed by atoms with Crippen molar-refractivity contribution in [2.45, 2.75) is 18.9 Å². The fourth-order valence-corrected chi connectivity index (χ4v) is 2.53. The summed E-state index contributed by atoms with van der Waals surface area (Å²) in [6.45, 7) is 0.603. The van der Waals surface area contributed by atoms with E-state index in [1.807, 2.05) is 0 Å². The molecule has 5 nitrogen and oxygen atoms in total. The van der Waals surface area contributed by atoms with E-state index in [1.54, 1.807) is 48.5 Å². The molecular formula is C18H16ClNO4. The molecule has 1 heterocycles. The van der Waals surface area contributed by atoms with Crippen LogP contribution in [0.2, 0.25) is 5.02 Å². The van der Waals surface area contributed by atoms with Gasteiger partial charge in [0.15, 0.2) is 0 Å². The first-order valence-electron chi connectivity index (χ1n) is 7.62. The van der Waals surface area contributed by atoms with E-state index in [0.29, 0.717) is 35.1 Å². The number of carbonyl (C=O) groups is 2. The van der Waals surface area contributed by atoms with E-state index >= 15 is 0 Å². The predicted octanol–water partition coefficient (Wildman–Crippen LogP) is 3.68. The third-order valence-corrected chi connectivity index (χ3v) is 3.86. The van der Waals surface area contributed by atoms with Gasteiger partial charge in [-0.2, -0.15) is 0 Å². The molecule has 1 saturated heterocycles. The molecule has 1 amide bonds. The van der Waals surface area contributed by atoms with Crippen molar-refractivity contribution in [3.05, 3.63) is 59.1 Å². The van der Waals surface area contributed by atoms with Gasteiger partial charge < -0.3 is 14.8 Å². The summed E-state index contributed by atoms with van der Waals surface area (Å²) >= 11 is 5.80. The molecular weight excluding hydrogens is 330 g/mol. The fraction of sp³-hybridized carbons (Fsp3) is 0.222. The average molecular weight is 346 g/mol. The Morgan fingerprint density at radius 2 is 1.96 bits per heavy atom. The highest BCUT2D eigenvalue weighted by atomic mass is 35.5. The van der Waals surface area contributed by atoms with Crippen molar-refractivity contribution >= 4 is 29.2 Å². The molecule has 0 aromatic heterocycles. The van der Waals surface area contributed by atoms with Gasteiger partial charge in [-0.25, -0.2) is 4.79 Å². The Morgan fingerprint density at radius 3 is 2.67 bits per heavy atom. The van der Waals surface area contributed by atoms with Gasteiger partial charge in [-0.1, -0.05) is 17.7 Å². The summed E-state index contributed by atoms with van der Waals surface area (Å²) in [5, 5.41) is 3.32. The normalized spacial score (nSPS) is 16.6. The minimum absolute atomic E-state index is 0.198. The molecule has 1 N–H and O–H groups in total. The Morgan fingerprint density at radius 1 is 1.17 bits per heavy atom. The van der Waals surface area contributed by atoms with Gasteiger partial charge in [0.2, 0.25) is 0 Å². The lowest BCUT2D eigenvalue weighted by atomic mass is 10.2. The number of ether oxygens (including phenoxy) is 2. The first-order chi connectivity index (χ1) is 11.6. The van der Waals surface area contributed by atoms with Gasteiger partial charge in [0.25, 0.3) is 5.91 Å². The largest absolute Gasteiger partial charge is 0.423 e. The standard InChI is InChI=1S/C18H16ClNO4/c19-13-6-8-15(9-7-13)24-18(22)12-3-1-4-14(11-12)20-17(21)16-5-2-10-23-16/h1,3-4,6-9,11,16H,2,5,10H2,(H,20,21). The van der Waals surface area contributed by atoms with E-state index in [-0.39, 0.29) is 5.91 Å². The second kappa shape index (κ2) is 7.47. The molecule has 1 aliphatic rings. The van der Waals surface area contributed by atoms with E-state index in [4.69, 9.17) is 21.1 Å². The van der Waals surface area contributed by atoms with E-state index in [9.17, 15) is 9.59 Å². The van der Waals surface area contributed by atoms with Gasteiger partial charge >= 0.3 is 5.97 Å². The van der Waals surface area contributed by atoms with Crippen molar-refractivity contribution in [1.29, 1.82) is 0 Å². The molecule has 124 valence electrons. The van der Waals surface area contributed by atoms with Crippen molar-refractivity contribution in [2.75, 3.05) is 11.9 Å². The number of anilines is 1. The van der Waals surface area contributed by atoms with E-state index in [1.165, 1.54) is 0 Å². The number of nitrogens with one attached hydrogen (secondary N) is 1. The average Bonchev–Trinajstić information content (AvgIpc) is 3.12. The molecule has 0 radical (unpaired) electrons. The zero-order chi connectivity index (χ0) is 16.9. The third kappa shape index (κ3) is 4.13. The van der Waals surface area contributed by atoms with Crippen LogP contribution in [0.15, 0.2) is 48.5 Å². The van der Waals surface area contributed by atoms with Crippen LogP contribution in [-0.4, -0.2) is 24.6 Å². The maximum absolute atomic E-state index is 12.2. The van der Waals surface area contributed by atoms with E-state index < -0.39 is 12.1 Å². The summed E-state index contributed by atoms with van der Waals surface area (Å²) in [5.41, 5.74) is 0.871. The highest BCUT2D eigenvalue weighted by Gasteiger charge is 2.23. The predicted molar refractivity (Wildman–Crippen MR) is 90.5 cm³/mol. The smallest absolute Gasteiger partial charge is 0.343 e. The molecule has 0 spiro atoms. The summed E-state index contributed by atoms with van der Waals surface area (Å²) in [5.74, 6) is -0.306. The summed E-state index contributed by atoms with van der Waals surface area (Å²) in [4.78, 5) is 24.3. The Kier molecular flexibility index (Phi) is 5.13. The highest BCUT2D eigenvalue weighted by Crippen LogP contribution is 2.19. The lowest BCUT2D eigenvalue weighted by molar-refractivity contribution is -0.124. The minimum atomic E-state index is -0.509. The Bertz CT molecular complexity index is 739. The molecule has 2 aromatic carbocycles. The van der Waals surface area contributed by atoms with Gasteiger partial charge in [0.05, 0.1) is 5.56 Å². The fourth-order valence-electron chi connectivity index (χ4n) is 2.40. The minimum Gasteiger partial charge on any atom is -0.423 e. The van der Waals surface area contributed by atoms with Crippen molar-refractivity contribution in [1.82, 2.24) is 0 Å². The van der Waals surface area contributed by atoms with Gasteiger partial charge in [0.1, 0.15) is 11.9 Å². The molecule has 1 fully saturated rings. The second-order valence-corrected chi connectivity index (χ2v) is 5.85. The van der Waals surface area contributed by atoms with E-state index in [2.05, 4.69) is 5.32 Å². The van der Waals surface area contributed by atoms with Crippen molar-refractivity contribution in [2.24, 2.45) is 0 Å². The maximum atomic E-state index is 12.2.